The van der Waals surface area contributed by atoms with Crippen molar-refractivity contribution in [2.75, 3.05) is 0 Å². The molecule has 2 aromatic rings. The highest BCUT2D eigenvalue weighted by molar-refractivity contribution is 5.77. The molecule has 0 bridgehead atoms. The first kappa shape index (κ1) is 11.6. The van der Waals surface area contributed by atoms with Crippen LogP contribution in [0.25, 0.3) is 21.8 Å². The molecule has 0 fully saturated rings. The third-order valence-electron chi connectivity index (χ3n) is 2.53. The van der Waals surface area contributed by atoms with Crippen molar-refractivity contribution < 1.29 is 0 Å². The number of hydrogen-bond acceptors (Lipinski definition) is 0. The van der Waals surface area contributed by atoms with Gasteiger partial charge in [-0.25, -0.2) is 9.69 Å². The van der Waals surface area contributed by atoms with Crippen molar-refractivity contribution in [1.82, 2.24) is 0 Å². The van der Waals surface area contributed by atoms with Gasteiger partial charge in [-0.1, -0.05) is 60.7 Å². The molecule has 18 heavy (non-hydrogen) atoms. The molecule has 0 unspecified atom stereocenters. The number of nitrogens with zero attached hydrogens (tertiary/aromatic N) is 2. The normalized spacial score (nSPS) is 9.89. The Kier molecular flexibility index (Phi) is 3.54. The highest BCUT2D eigenvalue weighted by Crippen LogP contribution is 2.21. The van der Waals surface area contributed by atoms with Gasteiger partial charge in [0, 0.05) is 0 Å². The summed E-state index contributed by atoms with van der Waals surface area (Å²) in [6.07, 6.45) is 3.86. The van der Waals surface area contributed by atoms with Crippen LogP contribution >= 0.6 is 0 Å². The van der Waals surface area contributed by atoms with Gasteiger partial charge in [0.25, 0.3) is 0 Å². The number of rotatable bonds is 2. The van der Waals surface area contributed by atoms with Crippen LogP contribution in [0.2, 0.25) is 0 Å². The molecule has 0 aliphatic rings. The van der Waals surface area contributed by atoms with Crippen LogP contribution in [0.3, 0.4) is 0 Å². The zero-order chi connectivity index (χ0) is 12.8. The van der Waals surface area contributed by atoms with E-state index in [1.54, 1.807) is 18.2 Å². The summed E-state index contributed by atoms with van der Waals surface area (Å²) in [6, 6.07) is 14.8. The molecular weight excluding hydrogens is 220 g/mol. The van der Waals surface area contributed by atoms with Crippen LogP contribution in [0.4, 0.5) is 11.4 Å². The van der Waals surface area contributed by atoms with Gasteiger partial charge in [0.05, 0.1) is 13.1 Å². The maximum Gasteiger partial charge on any atom is 0.194 e. The van der Waals surface area contributed by atoms with E-state index in [1.807, 2.05) is 42.5 Å². The molecular formula is C16H10N2. The standard InChI is InChI=1S/C16H10N2/c1-17-15-11-8-13(9-12-15)7-10-14-5-3-4-6-16(14)18-2/h3-12H. The molecule has 0 atom stereocenters. The van der Waals surface area contributed by atoms with E-state index >= 15 is 0 Å². The van der Waals surface area contributed by atoms with Crippen molar-refractivity contribution in [2.24, 2.45) is 0 Å². The van der Waals surface area contributed by atoms with E-state index in [0.717, 1.165) is 11.1 Å². The van der Waals surface area contributed by atoms with Crippen molar-refractivity contribution in [2.45, 2.75) is 0 Å². The first-order valence-corrected chi connectivity index (χ1v) is 5.45. The molecule has 0 spiro atoms. The molecule has 84 valence electrons. The smallest absolute Gasteiger partial charge is 0.194 e. The number of benzene rings is 2. The third-order valence-corrected chi connectivity index (χ3v) is 2.53. The number of hydrogen-bond donors (Lipinski definition) is 0. The summed E-state index contributed by atoms with van der Waals surface area (Å²) in [5, 5.41) is 0. The molecule has 0 radical (unpaired) electrons. The Morgan fingerprint density at radius 2 is 1.50 bits per heavy atom. The lowest BCUT2D eigenvalue weighted by atomic mass is 10.1. The van der Waals surface area contributed by atoms with Gasteiger partial charge in [-0.3, -0.25) is 0 Å². The topological polar surface area (TPSA) is 8.72 Å². The predicted octanol–water partition coefficient (Wildman–Crippen LogP) is 4.96. The monoisotopic (exact) mass is 230 g/mol. The maximum atomic E-state index is 7.08. The van der Waals surface area contributed by atoms with Gasteiger partial charge in [0.15, 0.2) is 11.4 Å². The molecule has 0 N–H and O–H groups in total. The van der Waals surface area contributed by atoms with Crippen LogP contribution in [0.1, 0.15) is 11.1 Å². The predicted molar refractivity (Wildman–Crippen MR) is 74.3 cm³/mol. The third kappa shape index (κ3) is 2.64. The van der Waals surface area contributed by atoms with Crippen molar-refractivity contribution in [3.8, 4) is 0 Å². The molecule has 0 amide bonds. The van der Waals surface area contributed by atoms with Gasteiger partial charge >= 0.3 is 0 Å². The molecule has 0 aliphatic carbocycles. The molecule has 2 heteroatoms. The fraction of sp³-hybridized carbons (Fsp3) is 0. The Morgan fingerprint density at radius 3 is 2.17 bits per heavy atom. The molecule has 0 aliphatic heterocycles. The number of para-hydroxylation sites is 1. The molecule has 0 aromatic heterocycles. The average molecular weight is 230 g/mol. The lowest BCUT2D eigenvalue weighted by Gasteiger charge is -1.97. The van der Waals surface area contributed by atoms with Crippen LogP contribution in [0.15, 0.2) is 48.5 Å². The van der Waals surface area contributed by atoms with Crippen LogP contribution < -0.4 is 0 Å². The van der Waals surface area contributed by atoms with Crippen LogP contribution in [-0.2, 0) is 0 Å². The van der Waals surface area contributed by atoms with Gasteiger partial charge < -0.3 is 0 Å². The SMILES string of the molecule is [C-]#[N+]c1ccc(C=Cc2ccccc2[N+]#[C-])cc1. The quantitative estimate of drug-likeness (QED) is 0.509. The highest BCUT2D eigenvalue weighted by Gasteiger charge is 1.96. The molecule has 0 saturated carbocycles. The van der Waals surface area contributed by atoms with E-state index < -0.39 is 0 Å². The molecule has 2 nitrogen and oxygen atoms in total. The highest BCUT2D eigenvalue weighted by atomic mass is 14.6. The van der Waals surface area contributed by atoms with Crippen molar-refractivity contribution in [3.05, 3.63) is 82.5 Å². The van der Waals surface area contributed by atoms with Gasteiger partial charge in [-0.2, -0.15) is 0 Å². The zero-order valence-electron chi connectivity index (χ0n) is 9.67. The summed E-state index contributed by atoms with van der Waals surface area (Å²) in [5.74, 6) is 0. The van der Waals surface area contributed by atoms with Gasteiger partial charge in [-0.15, -0.1) is 0 Å². The Hall–Kier alpha value is -2.84. The van der Waals surface area contributed by atoms with Crippen LogP contribution in [0.5, 0.6) is 0 Å². The van der Waals surface area contributed by atoms with E-state index in [-0.39, 0.29) is 0 Å². The summed E-state index contributed by atoms with van der Waals surface area (Å²) >= 11 is 0. The summed E-state index contributed by atoms with van der Waals surface area (Å²) in [7, 11) is 0. The zero-order valence-corrected chi connectivity index (χ0v) is 9.67. The fourth-order valence-corrected chi connectivity index (χ4v) is 1.58. The Balaban J connectivity index is 2.25. The van der Waals surface area contributed by atoms with Crippen molar-refractivity contribution in [1.29, 1.82) is 0 Å². The molecule has 2 aromatic carbocycles. The van der Waals surface area contributed by atoms with E-state index in [1.165, 1.54) is 0 Å². The second kappa shape index (κ2) is 5.48. The summed E-state index contributed by atoms with van der Waals surface area (Å²) in [5.41, 5.74) is 3.20. The van der Waals surface area contributed by atoms with E-state index in [4.69, 9.17) is 13.1 Å². The van der Waals surface area contributed by atoms with Gasteiger partial charge in [0.2, 0.25) is 0 Å². The van der Waals surface area contributed by atoms with E-state index in [0.29, 0.717) is 11.4 Å². The Labute approximate surface area is 106 Å². The minimum absolute atomic E-state index is 0.633. The summed E-state index contributed by atoms with van der Waals surface area (Å²) in [6.45, 7) is 14.0. The van der Waals surface area contributed by atoms with Gasteiger partial charge in [0.1, 0.15) is 0 Å². The molecule has 0 saturated heterocycles. The van der Waals surface area contributed by atoms with Crippen LogP contribution in [0, 0.1) is 13.1 Å². The lowest BCUT2D eigenvalue weighted by Crippen LogP contribution is -1.73. The fourth-order valence-electron chi connectivity index (χ4n) is 1.58. The first-order chi connectivity index (χ1) is 8.83. The summed E-state index contributed by atoms with van der Waals surface area (Å²) < 4.78 is 0. The van der Waals surface area contributed by atoms with Crippen molar-refractivity contribution in [3.63, 3.8) is 0 Å². The Morgan fingerprint density at radius 1 is 0.778 bits per heavy atom. The van der Waals surface area contributed by atoms with Crippen molar-refractivity contribution >= 4 is 23.5 Å². The molecule has 2 rings (SSSR count). The van der Waals surface area contributed by atoms with Gasteiger partial charge in [-0.05, 0) is 11.1 Å². The lowest BCUT2D eigenvalue weighted by molar-refractivity contribution is 1.65. The largest absolute Gasteiger partial charge is 0.238 e. The Bertz CT molecular complexity index is 653. The first-order valence-electron chi connectivity index (χ1n) is 5.45. The maximum absolute atomic E-state index is 7.08. The average Bonchev–Trinajstić information content (AvgIpc) is 2.46. The minimum atomic E-state index is 0.633. The second-order valence-corrected chi connectivity index (χ2v) is 3.71. The van der Waals surface area contributed by atoms with E-state index in [2.05, 4.69) is 9.69 Å². The van der Waals surface area contributed by atoms with Crippen LogP contribution in [-0.4, -0.2) is 0 Å². The molecule has 0 heterocycles. The second-order valence-electron chi connectivity index (χ2n) is 3.71. The summed E-state index contributed by atoms with van der Waals surface area (Å²) in [4.78, 5) is 6.81. The minimum Gasteiger partial charge on any atom is -0.238 e. The van der Waals surface area contributed by atoms with E-state index in [9.17, 15) is 0 Å².